The van der Waals surface area contributed by atoms with Crippen LogP contribution in [0.15, 0.2) is 18.2 Å². The van der Waals surface area contributed by atoms with Crippen LogP contribution in [0.25, 0.3) is 0 Å². The number of hydrogen-bond acceptors (Lipinski definition) is 2. The van der Waals surface area contributed by atoms with Gasteiger partial charge in [-0.3, -0.25) is 4.79 Å². The summed E-state index contributed by atoms with van der Waals surface area (Å²) in [4.78, 5) is 11.3. The van der Waals surface area contributed by atoms with Crippen LogP contribution in [0, 0.1) is 0 Å². The molecule has 2 rings (SSSR count). The summed E-state index contributed by atoms with van der Waals surface area (Å²) in [6, 6.07) is 5.26. The average molecular weight is 162 g/mol. The van der Waals surface area contributed by atoms with Crippen LogP contribution in [-0.2, 0) is 6.42 Å². The Kier molecular flexibility index (Phi) is 1.61. The smallest absolute Gasteiger partial charge is 0.166 e. The molecule has 1 aliphatic rings. The molecule has 0 fully saturated rings. The number of benzene rings is 1. The third-order valence-electron chi connectivity index (χ3n) is 2.26. The first kappa shape index (κ1) is 7.35. The van der Waals surface area contributed by atoms with Crippen molar-refractivity contribution in [3.05, 3.63) is 29.3 Å². The van der Waals surface area contributed by atoms with E-state index in [1.807, 2.05) is 6.07 Å². The van der Waals surface area contributed by atoms with Gasteiger partial charge in [-0.05, 0) is 24.5 Å². The molecular formula is C10H10O2. The Morgan fingerprint density at radius 2 is 2.08 bits per heavy atom. The molecule has 12 heavy (non-hydrogen) atoms. The Bertz CT molecular complexity index is 329. The lowest BCUT2D eigenvalue weighted by molar-refractivity contribution is 0.0969. The van der Waals surface area contributed by atoms with Gasteiger partial charge in [-0.1, -0.05) is 12.1 Å². The predicted molar refractivity (Wildman–Crippen MR) is 45.4 cm³/mol. The minimum absolute atomic E-state index is 0.0781. The lowest BCUT2D eigenvalue weighted by atomic mass is 9.90. The quantitative estimate of drug-likeness (QED) is 0.632. The molecule has 0 saturated carbocycles. The van der Waals surface area contributed by atoms with E-state index in [1.165, 1.54) is 0 Å². The number of rotatable bonds is 0. The van der Waals surface area contributed by atoms with E-state index in [0.717, 1.165) is 18.4 Å². The molecule has 0 amide bonds. The van der Waals surface area contributed by atoms with Gasteiger partial charge in [0.1, 0.15) is 5.75 Å². The van der Waals surface area contributed by atoms with Crippen LogP contribution in [0.2, 0.25) is 0 Å². The molecule has 0 heterocycles. The monoisotopic (exact) mass is 162 g/mol. The molecule has 0 aliphatic heterocycles. The summed E-state index contributed by atoms with van der Waals surface area (Å²) in [6.45, 7) is 0. The highest BCUT2D eigenvalue weighted by Gasteiger charge is 2.19. The second-order valence-corrected chi connectivity index (χ2v) is 3.09. The summed E-state index contributed by atoms with van der Waals surface area (Å²) < 4.78 is 0. The normalized spacial score (nSPS) is 15.8. The van der Waals surface area contributed by atoms with Crippen molar-refractivity contribution in [3.63, 3.8) is 0 Å². The van der Waals surface area contributed by atoms with Gasteiger partial charge in [0.05, 0.1) is 5.56 Å². The molecule has 0 radical (unpaired) electrons. The van der Waals surface area contributed by atoms with Gasteiger partial charge in [-0.15, -0.1) is 0 Å². The van der Waals surface area contributed by atoms with Crippen molar-refractivity contribution in [3.8, 4) is 5.75 Å². The summed E-state index contributed by atoms with van der Waals surface area (Å²) in [5.74, 6) is 0.214. The Morgan fingerprint density at radius 1 is 1.25 bits per heavy atom. The van der Waals surface area contributed by atoms with E-state index in [1.54, 1.807) is 12.1 Å². The van der Waals surface area contributed by atoms with Crippen LogP contribution in [0.1, 0.15) is 28.8 Å². The van der Waals surface area contributed by atoms with Gasteiger partial charge in [0.25, 0.3) is 0 Å². The maximum atomic E-state index is 11.3. The number of aryl methyl sites for hydroxylation is 1. The molecule has 0 saturated heterocycles. The molecule has 0 unspecified atom stereocenters. The minimum Gasteiger partial charge on any atom is -0.507 e. The first-order valence-electron chi connectivity index (χ1n) is 4.13. The van der Waals surface area contributed by atoms with Gasteiger partial charge in [-0.2, -0.15) is 0 Å². The number of carbonyl (C=O) groups excluding carboxylic acids is 1. The van der Waals surface area contributed by atoms with E-state index >= 15 is 0 Å². The van der Waals surface area contributed by atoms with Crippen molar-refractivity contribution in [2.24, 2.45) is 0 Å². The predicted octanol–water partition coefficient (Wildman–Crippen LogP) is 1.91. The summed E-state index contributed by atoms with van der Waals surface area (Å²) in [6.07, 6.45) is 2.40. The maximum Gasteiger partial charge on any atom is 0.166 e. The lowest BCUT2D eigenvalue weighted by Gasteiger charge is -2.14. The number of phenols is 1. The van der Waals surface area contributed by atoms with Crippen molar-refractivity contribution in [2.75, 3.05) is 0 Å². The van der Waals surface area contributed by atoms with Crippen molar-refractivity contribution in [2.45, 2.75) is 19.3 Å². The number of carbonyl (C=O) groups is 1. The van der Waals surface area contributed by atoms with Gasteiger partial charge in [-0.25, -0.2) is 0 Å². The van der Waals surface area contributed by atoms with Crippen LogP contribution in [0.5, 0.6) is 5.75 Å². The summed E-state index contributed by atoms with van der Waals surface area (Å²) in [5, 5.41) is 9.41. The Morgan fingerprint density at radius 3 is 2.83 bits per heavy atom. The summed E-state index contributed by atoms with van der Waals surface area (Å²) in [5.41, 5.74) is 1.54. The maximum absolute atomic E-state index is 11.3. The highest BCUT2D eigenvalue weighted by molar-refractivity contribution is 6.00. The number of ketones is 1. The zero-order valence-electron chi connectivity index (χ0n) is 6.71. The molecule has 0 aromatic heterocycles. The molecule has 2 heteroatoms. The zero-order valence-corrected chi connectivity index (χ0v) is 6.71. The minimum atomic E-state index is 0.0781. The number of aromatic hydroxyl groups is 1. The fourth-order valence-electron chi connectivity index (χ4n) is 1.68. The van der Waals surface area contributed by atoms with Crippen LogP contribution in [0.4, 0.5) is 0 Å². The van der Waals surface area contributed by atoms with Crippen molar-refractivity contribution >= 4 is 5.78 Å². The molecule has 0 bridgehead atoms. The molecule has 1 N–H and O–H groups in total. The van der Waals surface area contributed by atoms with Gasteiger partial charge in [0.15, 0.2) is 5.78 Å². The molecular weight excluding hydrogens is 152 g/mol. The van der Waals surface area contributed by atoms with Crippen LogP contribution in [0.3, 0.4) is 0 Å². The topological polar surface area (TPSA) is 37.3 Å². The lowest BCUT2D eigenvalue weighted by Crippen LogP contribution is -2.10. The third kappa shape index (κ3) is 0.998. The van der Waals surface area contributed by atoms with E-state index in [2.05, 4.69) is 0 Å². The average Bonchev–Trinajstić information content (AvgIpc) is 2.04. The zero-order chi connectivity index (χ0) is 8.55. The summed E-state index contributed by atoms with van der Waals surface area (Å²) >= 11 is 0. The van der Waals surface area contributed by atoms with E-state index in [4.69, 9.17) is 0 Å². The molecule has 0 atom stereocenters. The largest absolute Gasteiger partial charge is 0.507 e. The third-order valence-corrected chi connectivity index (χ3v) is 2.26. The molecule has 2 nitrogen and oxygen atoms in total. The molecule has 0 spiro atoms. The van der Waals surface area contributed by atoms with E-state index in [-0.39, 0.29) is 11.5 Å². The number of phenolic OH excluding ortho intramolecular Hbond substituents is 1. The van der Waals surface area contributed by atoms with E-state index < -0.39 is 0 Å². The number of fused-ring (bicyclic) bond motifs is 1. The standard InChI is InChI=1S/C10H10O2/c11-8-5-1-3-7-4-2-6-9(12)10(7)8/h1,3,5,11H,2,4,6H2. The first-order chi connectivity index (χ1) is 5.79. The second-order valence-electron chi connectivity index (χ2n) is 3.09. The Balaban J connectivity index is 2.60. The van der Waals surface area contributed by atoms with Crippen molar-refractivity contribution < 1.29 is 9.90 Å². The summed E-state index contributed by atoms with van der Waals surface area (Å²) in [7, 11) is 0. The Hall–Kier alpha value is -1.31. The number of hydrogen-bond donors (Lipinski definition) is 1. The molecule has 1 aromatic rings. The molecule has 1 aromatic carbocycles. The molecule has 62 valence electrons. The first-order valence-corrected chi connectivity index (χ1v) is 4.13. The number of Topliss-reactive ketones (excluding diaryl/α,β-unsaturated/α-hetero) is 1. The van der Waals surface area contributed by atoms with Crippen LogP contribution >= 0.6 is 0 Å². The van der Waals surface area contributed by atoms with Crippen LogP contribution < -0.4 is 0 Å². The van der Waals surface area contributed by atoms with Crippen molar-refractivity contribution in [1.82, 2.24) is 0 Å². The van der Waals surface area contributed by atoms with Crippen LogP contribution in [-0.4, -0.2) is 10.9 Å². The fourth-order valence-corrected chi connectivity index (χ4v) is 1.68. The Labute approximate surface area is 70.8 Å². The van der Waals surface area contributed by atoms with Gasteiger partial charge < -0.3 is 5.11 Å². The highest BCUT2D eigenvalue weighted by atomic mass is 16.3. The SMILES string of the molecule is O=C1CCCc2cccc(O)c21. The molecule has 1 aliphatic carbocycles. The van der Waals surface area contributed by atoms with E-state index in [9.17, 15) is 9.90 Å². The highest BCUT2D eigenvalue weighted by Crippen LogP contribution is 2.28. The second kappa shape index (κ2) is 2.63. The fraction of sp³-hybridized carbons (Fsp3) is 0.300. The van der Waals surface area contributed by atoms with Gasteiger partial charge in [0, 0.05) is 6.42 Å². The van der Waals surface area contributed by atoms with Gasteiger partial charge in [0.2, 0.25) is 0 Å². The van der Waals surface area contributed by atoms with Gasteiger partial charge >= 0.3 is 0 Å². The van der Waals surface area contributed by atoms with E-state index in [0.29, 0.717) is 12.0 Å². The van der Waals surface area contributed by atoms with Crippen molar-refractivity contribution in [1.29, 1.82) is 0 Å².